The van der Waals surface area contributed by atoms with Crippen LogP contribution in [0, 0.1) is 5.82 Å². The predicted octanol–water partition coefficient (Wildman–Crippen LogP) is 0.236. The van der Waals surface area contributed by atoms with Crippen molar-refractivity contribution in [2.24, 2.45) is 0 Å². The van der Waals surface area contributed by atoms with Gasteiger partial charge in [-0.1, -0.05) is 0 Å². The van der Waals surface area contributed by atoms with E-state index in [1.807, 2.05) is 0 Å². The van der Waals surface area contributed by atoms with Gasteiger partial charge in [-0.05, 0) is 6.07 Å². The summed E-state index contributed by atoms with van der Waals surface area (Å²) in [7, 11) is 0. The van der Waals surface area contributed by atoms with Crippen LogP contribution in [-0.4, -0.2) is 60.2 Å². The van der Waals surface area contributed by atoms with Crippen LogP contribution in [0.3, 0.4) is 0 Å². The Hall–Kier alpha value is -1.73. The molecular weight excluding hydrogens is 251 g/mol. The summed E-state index contributed by atoms with van der Waals surface area (Å²) in [5.74, 6) is -2.10. The molecule has 0 aromatic carbocycles. The molecule has 1 aliphatic rings. The number of nitrogens with one attached hydrogen (secondary N) is 2. The number of halogens is 1. The summed E-state index contributed by atoms with van der Waals surface area (Å²) in [6.45, 7) is 5.16. The highest BCUT2D eigenvalue weighted by atomic mass is 19.1. The highest BCUT2D eigenvalue weighted by Crippen LogP contribution is 2.14. The van der Waals surface area contributed by atoms with Crippen LogP contribution in [0.1, 0.15) is 10.4 Å². The van der Waals surface area contributed by atoms with Crippen LogP contribution >= 0.6 is 0 Å². The minimum absolute atomic E-state index is 0.00460. The van der Waals surface area contributed by atoms with Crippen LogP contribution in [-0.2, 0) is 0 Å². The molecule has 0 saturated carbocycles. The number of carboxylic acid groups (broad SMARTS) is 1. The molecule has 0 bridgehead atoms. The zero-order valence-electron chi connectivity index (χ0n) is 10.5. The fourth-order valence-corrected chi connectivity index (χ4v) is 2.00. The Morgan fingerprint density at radius 2 is 2.26 bits per heavy atom. The van der Waals surface area contributed by atoms with Crippen LogP contribution in [0.2, 0.25) is 0 Å². The first-order valence-electron chi connectivity index (χ1n) is 6.23. The van der Waals surface area contributed by atoms with Gasteiger partial charge in [0.2, 0.25) is 0 Å². The normalized spacial score (nSPS) is 16.3. The third kappa shape index (κ3) is 3.62. The lowest BCUT2D eigenvalue weighted by molar-refractivity contribution is 0.0692. The van der Waals surface area contributed by atoms with Crippen LogP contribution in [0.4, 0.5) is 10.2 Å². The van der Waals surface area contributed by atoms with E-state index in [-0.39, 0.29) is 11.4 Å². The number of carboxylic acids is 1. The molecule has 0 atom stereocenters. The standard InChI is InChI=1S/C12H17FN4O2/c13-10-9(12(18)19)1-2-15-11(10)16-5-8-17-6-3-14-4-7-17/h1-2,14H,3-8H2,(H,15,16)(H,18,19). The van der Waals surface area contributed by atoms with Crippen molar-refractivity contribution in [3.8, 4) is 0 Å². The molecule has 1 saturated heterocycles. The summed E-state index contributed by atoms with van der Waals surface area (Å²) in [5.41, 5.74) is -0.361. The molecule has 0 aliphatic carbocycles. The number of aromatic carboxylic acids is 1. The van der Waals surface area contributed by atoms with Crippen LogP contribution in [0.15, 0.2) is 12.3 Å². The average Bonchev–Trinajstić information content (AvgIpc) is 2.41. The number of anilines is 1. The quantitative estimate of drug-likeness (QED) is 0.710. The molecule has 19 heavy (non-hydrogen) atoms. The van der Waals surface area contributed by atoms with Crippen molar-refractivity contribution in [1.82, 2.24) is 15.2 Å². The van der Waals surface area contributed by atoms with Gasteiger partial charge in [-0.15, -0.1) is 0 Å². The summed E-state index contributed by atoms with van der Waals surface area (Å²) in [6.07, 6.45) is 1.29. The maximum absolute atomic E-state index is 13.8. The Morgan fingerprint density at radius 3 is 2.95 bits per heavy atom. The van der Waals surface area contributed by atoms with Gasteiger partial charge in [-0.3, -0.25) is 4.90 Å². The number of hydrogen-bond donors (Lipinski definition) is 3. The third-order valence-electron chi connectivity index (χ3n) is 3.05. The smallest absolute Gasteiger partial charge is 0.338 e. The molecular formula is C12H17FN4O2. The summed E-state index contributed by atoms with van der Waals surface area (Å²) in [5, 5.41) is 14.9. The van der Waals surface area contributed by atoms with Gasteiger partial charge in [-0.25, -0.2) is 14.2 Å². The van der Waals surface area contributed by atoms with Crippen molar-refractivity contribution in [2.75, 3.05) is 44.6 Å². The predicted molar refractivity (Wildman–Crippen MR) is 69.0 cm³/mol. The summed E-state index contributed by atoms with van der Waals surface area (Å²) in [4.78, 5) is 16.9. The first kappa shape index (κ1) is 13.7. The topological polar surface area (TPSA) is 77.5 Å². The van der Waals surface area contributed by atoms with Gasteiger partial charge in [0, 0.05) is 45.5 Å². The van der Waals surface area contributed by atoms with Crippen LogP contribution < -0.4 is 10.6 Å². The second-order valence-corrected chi connectivity index (χ2v) is 4.34. The molecule has 1 aliphatic heterocycles. The van der Waals surface area contributed by atoms with Gasteiger partial charge in [-0.2, -0.15) is 0 Å². The lowest BCUT2D eigenvalue weighted by atomic mass is 10.2. The van der Waals surface area contributed by atoms with E-state index in [4.69, 9.17) is 5.11 Å². The molecule has 1 fully saturated rings. The summed E-state index contributed by atoms with van der Waals surface area (Å²) < 4.78 is 13.8. The SMILES string of the molecule is O=C(O)c1ccnc(NCCN2CCNCC2)c1F. The maximum atomic E-state index is 13.8. The molecule has 7 heteroatoms. The second kappa shape index (κ2) is 6.44. The largest absolute Gasteiger partial charge is 0.478 e. The van der Waals surface area contributed by atoms with E-state index in [2.05, 4.69) is 20.5 Å². The lowest BCUT2D eigenvalue weighted by Gasteiger charge is -2.27. The van der Waals surface area contributed by atoms with Crippen LogP contribution in [0.5, 0.6) is 0 Å². The number of hydrogen-bond acceptors (Lipinski definition) is 5. The summed E-state index contributed by atoms with van der Waals surface area (Å²) >= 11 is 0. The molecule has 2 heterocycles. The van der Waals surface area contributed by atoms with E-state index >= 15 is 0 Å². The Kier molecular flexibility index (Phi) is 4.64. The van der Waals surface area contributed by atoms with Gasteiger partial charge < -0.3 is 15.7 Å². The van der Waals surface area contributed by atoms with Crippen LogP contribution in [0.25, 0.3) is 0 Å². The fourth-order valence-electron chi connectivity index (χ4n) is 2.00. The van der Waals surface area contributed by atoms with Crippen molar-refractivity contribution in [2.45, 2.75) is 0 Å². The van der Waals surface area contributed by atoms with Gasteiger partial charge >= 0.3 is 5.97 Å². The Balaban J connectivity index is 1.88. The number of piperazine rings is 1. The van der Waals surface area contributed by atoms with Gasteiger partial charge in [0.1, 0.15) is 5.56 Å². The lowest BCUT2D eigenvalue weighted by Crippen LogP contribution is -2.45. The van der Waals surface area contributed by atoms with E-state index in [9.17, 15) is 9.18 Å². The van der Waals surface area contributed by atoms with Crippen molar-refractivity contribution >= 4 is 11.8 Å². The molecule has 1 aromatic heterocycles. The molecule has 3 N–H and O–H groups in total. The molecule has 1 aromatic rings. The van der Waals surface area contributed by atoms with E-state index < -0.39 is 11.8 Å². The Labute approximate surface area is 110 Å². The van der Waals surface area contributed by atoms with Crippen molar-refractivity contribution < 1.29 is 14.3 Å². The second-order valence-electron chi connectivity index (χ2n) is 4.34. The summed E-state index contributed by atoms with van der Waals surface area (Å²) in [6, 6.07) is 1.15. The molecule has 0 radical (unpaired) electrons. The zero-order valence-corrected chi connectivity index (χ0v) is 10.5. The number of nitrogens with zero attached hydrogens (tertiary/aromatic N) is 2. The number of pyridine rings is 1. The zero-order chi connectivity index (χ0) is 13.7. The average molecular weight is 268 g/mol. The van der Waals surface area contributed by atoms with Gasteiger partial charge in [0.25, 0.3) is 0 Å². The van der Waals surface area contributed by atoms with Gasteiger partial charge in [0.05, 0.1) is 0 Å². The third-order valence-corrected chi connectivity index (χ3v) is 3.05. The van der Waals surface area contributed by atoms with E-state index in [0.29, 0.717) is 6.54 Å². The monoisotopic (exact) mass is 268 g/mol. The minimum Gasteiger partial charge on any atom is -0.478 e. The first-order valence-corrected chi connectivity index (χ1v) is 6.23. The number of aromatic nitrogens is 1. The van der Waals surface area contributed by atoms with Crippen molar-refractivity contribution in [3.63, 3.8) is 0 Å². The first-order chi connectivity index (χ1) is 9.18. The maximum Gasteiger partial charge on any atom is 0.338 e. The van der Waals surface area contributed by atoms with E-state index in [1.165, 1.54) is 6.20 Å². The Morgan fingerprint density at radius 1 is 1.53 bits per heavy atom. The number of carbonyl (C=O) groups is 1. The van der Waals surface area contributed by atoms with E-state index in [0.717, 1.165) is 38.8 Å². The minimum atomic E-state index is -1.29. The molecule has 2 rings (SSSR count). The fraction of sp³-hybridized carbons (Fsp3) is 0.500. The Bertz CT molecular complexity index is 449. The van der Waals surface area contributed by atoms with Gasteiger partial charge in [0.15, 0.2) is 11.6 Å². The van der Waals surface area contributed by atoms with Crippen molar-refractivity contribution in [3.05, 3.63) is 23.6 Å². The molecule has 0 amide bonds. The number of rotatable bonds is 5. The molecule has 104 valence electrons. The highest BCUT2D eigenvalue weighted by Gasteiger charge is 2.15. The highest BCUT2D eigenvalue weighted by molar-refractivity contribution is 5.88. The molecule has 0 unspecified atom stereocenters. The van der Waals surface area contributed by atoms with Crippen molar-refractivity contribution in [1.29, 1.82) is 0 Å². The van der Waals surface area contributed by atoms with E-state index in [1.54, 1.807) is 0 Å². The molecule has 6 nitrogen and oxygen atoms in total. The molecule has 0 spiro atoms.